The molecule has 0 bridgehead atoms. The summed E-state index contributed by atoms with van der Waals surface area (Å²) in [7, 11) is 0. The molecule has 0 spiro atoms. The lowest BCUT2D eigenvalue weighted by atomic mass is 10.0. The first kappa shape index (κ1) is 19.7. The highest BCUT2D eigenvalue weighted by atomic mass is 16.3. The number of urea groups is 1. The monoisotopic (exact) mass is 347 g/mol. The molecule has 5 nitrogen and oxygen atoms in total. The van der Waals surface area contributed by atoms with E-state index in [1.54, 1.807) is 0 Å². The third-order valence-corrected chi connectivity index (χ3v) is 4.72. The van der Waals surface area contributed by atoms with Crippen LogP contribution in [0, 0.1) is 12.8 Å². The summed E-state index contributed by atoms with van der Waals surface area (Å²) in [5, 5.41) is 15.3. The molecule has 1 fully saturated rings. The number of hydrogen-bond acceptors (Lipinski definition) is 3. The Labute approximate surface area is 151 Å². The van der Waals surface area contributed by atoms with Gasteiger partial charge in [0.05, 0.1) is 12.6 Å². The van der Waals surface area contributed by atoms with Crippen LogP contribution in [0.5, 0.6) is 0 Å². The summed E-state index contributed by atoms with van der Waals surface area (Å²) in [6.07, 6.45) is 2.72. The minimum atomic E-state index is -0.165. The van der Waals surface area contributed by atoms with Gasteiger partial charge in [0.25, 0.3) is 0 Å². The molecule has 2 rings (SSSR count). The molecule has 0 aliphatic carbocycles. The number of aryl methyl sites for hydroxylation is 1. The van der Waals surface area contributed by atoms with E-state index >= 15 is 0 Å². The second-order valence-corrected chi connectivity index (χ2v) is 7.67. The Morgan fingerprint density at radius 1 is 1.32 bits per heavy atom. The van der Waals surface area contributed by atoms with Crippen LogP contribution in [0.2, 0.25) is 0 Å². The fourth-order valence-corrected chi connectivity index (χ4v) is 3.46. The van der Waals surface area contributed by atoms with Crippen molar-refractivity contribution in [2.75, 3.05) is 19.7 Å². The zero-order valence-electron chi connectivity index (χ0n) is 15.8. The molecular weight excluding hydrogens is 314 g/mol. The van der Waals surface area contributed by atoms with Crippen LogP contribution in [-0.2, 0) is 6.54 Å². The second-order valence-electron chi connectivity index (χ2n) is 7.67. The van der Waals surface area contributed by atoms with Crippen LogP contribution < -0.4 is 10.6 Å². The molecule has 1 aliphatic rings. The lowest BCUT2D eigenvalue weighted by Gasteiger charge is -2.32. The van der Waals surface area contributed by atoms with Crippen LogP contribution in [0.25, 0.3) is 0 Å². The van der Waals surface area contributed by atoms with Gasteiger partial charge >= 0.3 is 6.03 Å². The molecule has 1 atom stereocenters. The molecule has 1 aliphatic heterocycles. The van der Waals surface area contributed by atoms with E-state index in [1.807, 2.05) is 0 Å². The summed E-state index contributed by atoms with van der Waals surface area (Å²) in [4.78, 5) is 14.6. The Hall–Kier alpha value is -1.59. The van der Waals surface area contributed by atoms with Crippen molar-refractivity contribution < 1.29 is 9.90 Å². The molecule has 0 radical (unpaired) electrons. The van der Waals surface area contributed by atoms with Crippen LogP contribution in [0.15, 0.2) is 24.3 Å². The average Bonchev–Trinajstić information content (AvgIpc) is 2.55. The van der Waals surface area contributed by atoms with E-state index in [4.69, 9.17) is 0 Å². The number of carbonyl (C=O) groups excluding carboxylic acids is 1. The maximum atomic E-state index is 12.1. The Balaban J connectivity index is 1.71. The lowest BCUT2D eigenvalue weighted by Crippen LogP contribution is -2.50. The number of piperidine rings is 1. The third kappa shape index (κ3) is 7.04. The fourth-order valence-electron chi connectivity index (χ4n) is 3.46. The van der Waals surface area contributed by atoms with Crippen molar-refractivity contribution in [3.05, 3.63) is 35.4 Å². The van der Waals surface area contributed by atoms with Gasteiger partial charge in [0.15, 0.2) is 0 Å². The maximum Gasteiger partial charge on any atom is 0.315 e. The van der Waals surface area contributed by atoms with Gasteiger partial charge < -0.3 is 15.7 Å². The van der Waals surface area contributed by atoms with Crippen LogP contribution in [0.3, 0.4) is 0 Å². The summed E-state index contributed by atoms with van der Waals surface area (Å²) >= 11 is 0. The predicted molar refractivity (Wildman–Crippen MR) is 101 cm³/mol. The molecule has 5 heteroatoms. The van der Waals surface area contributed by atoms with Gasteiger partial charge in [0.2, 0.25) is 0 Å². The highest BCUT2D eigenvalue weighted by molar-refractivity contribution is 5.74. The van der Waals surface area contributed by atoms with Crippen molar-refractivity contribution in [2.45, 2.75) is 58.7 Å². The number of nitrogens with one attached hydrogen (secondary N) is 2. The summed E-state index contributed by atoms with van der Waals surface area (Å²) in [6.45, 7) is 9.25. The first-order valence-corrected chi connectivity index (χ1v) is 9.42. The highest BCUT2D eigenvalue weighted by Gasteiger charge is 2.22. The fraction of sp³-hybridized carbons (Fsp3) is 0.650. The number of amides is 2. The van der Waals surface area contributed by atoms with Gasteiger partial charge in [-0.1, -0.05) is 43.7 Å². The van der Waals surface area contributed by atoms with Crippen LogP contribution in [0.4, 0.5) is 4.79 Å². The second kappa shape index (κ2) is 9.78. The van der Waals surface area contributed by atoms with Gasteiger partial charge in [0.1, 0.15) is 0 Å². The smallest absolute Gasteiger partial charge is 0.315 e. The Kier molecular flexibility index (Phi) is 7.72. The number of carbonyl (C=O) groups is 1. The third-order valence-electron chi connectivity index (χ3n) is 4.72. The average molecular weight is 348 g/mol. The van der Waals surface area contributed by atoms with E-state index < -0.39 is 0 Å². The van der Waals surface area contributed by atoms with Gasteiger partial charge in [-0.2, -0.15) is 0 Å². The van der Waals surface area contributed by atoms with Gasteiger partial charge in [-0.25, -0.2) is 4.79 Å². The van der Waals surface area contributed by atoms with Crippen LogP contribution >= 0.6 is 0 Å². The Morgan fingerprint density at radius 2 is 2.04 bits per heavy atom. The zero-order valence-corrected chi connectivity index (χ0v) is 15.8. The van der Waals surface area contributed by atoms with Gasteiger partial charge in [-0.15, -0.1) is 0 Å². The number of rotatable bonds is 7. The Bertz CT molecular complexity index is 539. The summed E-state index contributed by atoms with van der Waals surface area (Å²) in [6, 6.07) is 8.54. The molecule has 140 valence electrons. The van der Waals surface area contributed by atoms with Crippen LogP contribution in [0.1, 0.15) is 44.2 Å². The number of likely N-dealkylation sites (tertiary alicyclic amines) is 1. The van der Waals surface area contributed by atoms with E-state index in [-0.39, 0.29) is 24.7 Å². The van der Waals surface area contributed by atoms with Gasteiger partial charge in [-0.05, 0) is 37.7 Å². The van der Waals surface area contributed by atoms with Crippen LogP contribution in [-0.4, -0.2) is 47.8 Å². The molecule has 0 saturated carbocycles. The molecule has 1 saturated heterocycles. The maximum absolute atomic E-state index is 12.1. The predicted octanol–water partition coefficient (Wildman–Crippen LogP) is 2.67. The van der Waals surface area contributed by atoms with E-state index in [0.29, 0.717) is 5.92 Å². The first-order valence-electron chi connectivity index (χ1n) is 9.42. The largest absolute Gasteiger partial charge is 0.394 e. The molecule has 1 aromatic carbocycles. The molecule has 2 amide bonds. The molecule has 3 N–H and O–H groups in total. The van der Waals surface area contributed by atoms with E-state index in [0.717, 1.165) is 38.9 Å². The number of nitrogens with zero attached hydrogens (tertiary/aromatic N) is 1. The minimum Gasteiger partial charge on any atom is -0.394 e. The zero-order chi connectivity index (χ0) is 18.2. The van der Waals surface area contributed by atoms with Gasteiger partial charge in [-0.3, -0.25) is 4.90 Å². The van der Waals surface area contributed by atoms with Crippen molar-refractivity contribution in [2.24, 2.45) is 5.92 Å². The highest BCUT2D eigenvalue weighted by Crippen LogP contribution is 2.15. The normalized spacial score (nSPS) is 17.5. The summed E-state index contributed by atoms with van der Waals surface area (Å²) in [5.74, 6) is 0.447. The molecule has 25 heavy (non-hydrogen) atoms. The van der Waals surface area contributed by atoms with Gasteiger partial charge in [0, 0.05) is 25.7 Å². The summed E-state index contributed by atoms with van der Waals surface area (Å²) < 4.78 is 0. The van der Waals surface area contributed by atoms with Crippen molar-refractivity contribution in [3.8, 4) is 0 Å². The minimum absolute atomic E-state index is 0.0134. The van der Waals surface area contributed by atoms with Crippen molar-refractivity contribution >= 4 is 6.03 Å². The quantitative estimate of drug-likeness (QED) is 0.710. The molecule has 0 aromatic heterocycles. The summed E-state index contributed by atoms with van der Waals surface area (Å²) in [5.41, 5.74) is 2.65. The first-order chi connectivity index (χ1) is 12.0. The van der Waals surface area contributed by atoms with E-state index in [9.17, 15) is 9.90 Å². The van der Waals surface area contributed by atoms with E-state index in [1.165, 1.54) is 11.1 Å². The number of benzene rings is 1. The standard InChI is InChI=1S/C20H33N3O2/c1-15(2)11-19(14-24)22-20(25)21-18-7-9-23(10-8-18)13-17-6-4-5-16(3)12-17/h4-6,12,15,18-19,24H,7-11,13-14H2,1-3H3,(H2,21,22,25). The number of aliphatic hydroxyl groups excluding tert-OH is 1. The molecular formula is C20H33N3O2. The number of aliphatic hydroxyl groups is 1. The molecule has 1 heterocycles. The van der Waals surface area contributed by atoms with Crippen molar-refractivity contribution in [1.29, 1.82) is 0 Å². The lowest BCUT2D eigenvalue weighted by molar-refractivity contribution is 0.179. The molecule has 1 unspecified atom stereocenters. The van der Waals surface area contributed by atoms with Crippen molar-refractivity contribution in [1.82, 2.24) is 15.5 Å². The number of hydrogen-bond donors (Lipinski definition) is 3. The Morgan fingerprint density at radius 3 is 2.64 bits per heavy atom. The van der Waals surface area contributed by atoms with Crippen molar-refractivity contribution in [3.63, 3.8) is 0 Å². The topological polar surface area (TPSA) is 64.6 Å². The molecule has 1 aromatic rings. The van der Waals surface area contributed by atoms with E-state index in [2.05, 4.69) is 60.6 Å². The SMILES string of the molecule is Cc1cccc(CN2CCC(NC(=O)NC(CO)CC(C)C)CC2)c1.